The van der Waals surface area contributed by atoms with Crippen LogP contribution in [0.15, 0.2) is 12.4 Å². The number of likely N-dealkylation sites (tertiary alicyclic amines) is 1. The van der Waals surface area contributed by atoms with Crippen molar-refractivity contribution in [2.24, 2.45) is 0 Å². The summed E-state index contributed by atoms with van der Waals surface area (Å²) in [6.45, 7) is 3.39. The molecule has 0 aromatic carbocycles. The number of anilines is 1. The fraction of sp³-hybridized carbons (Fsp3) is 0.615. The number of likely N-dealkylation sites (N-methyl/N-ethyl adjacent to an activating group) is 1. The van der Waals surface area contributed by atoms with Crippen molar-refractivity contribution in [1.29, 1.82) is 0 Å². The first kappa shape index (κ1) is 13.7. The fourth-order valence-corrected chi connectivity index (χ4v) is 2.06. The first-order valence-corrected chi connectivity index (χ1v) is 6.67. The third kappa shape index (κ3) is 3.89. The fourth-order valence-electron chi connectivity index (χ4n) is 2.06. The Hall–Kier alpha value is -1.69. The molecular weight excluding hydrogens is 242 g/mol. The van der Waals surface area contributed by atoms with Crippen LogP contribution in [0, 0.1) is 0 Å². The number of hydrogen-bond donors (Lipinski definition) is 1. The van der Waals surface area contributed by atoms with Crippen molar-refractivity contribution >= 4 is 11.7 Å². The van der Waals surface area contributed by atoms with E-state index in [2.05, 4.69) is 20.2 Å². The predicted octanol–water partition coefficient (Wildman–Crippen LogP) is 0.686. The smallest absolute Gasteiger partial charge is 0.272 e. The zero-order chi connectivity index (χ0) is 13.7. The summed E-state index contributed by atoms with van der Waals surface area (Å²) in [5, 5.41) is 3.20. The van der Waals surface area contributed by atoms with E-state index in [0.29, 0.717) is 11.5 Å². The van der Waals surface area contributed by atoms with Crippen LogP contribution in [0.2, 0.25) is 0 Å². The van der Waals surface area contributed by atoms with Crippen LogP contribution in [0.25, 0.3) is 0 Å². The number of rotatable bonds is 5. The van der Waals surface area contributed by atoms with E-state index in [1.165, 1.54) is 6.33 Å². The van der Waals surface area contributed by atoms with Crippen LogP contribution < -0.4 is 5.32 Å². The molecule has 0 spiro atoms. The van der Waals surface area contributed by atoms with Gasteiger partial charge in [0.1, 0.15) is 17.8 Å². The molecule has 1 N–H and O–H groups in total. The molecule has 0 unspecified atom stereocenters. The minimum absolute atomic E-state index is 0.00978. The van der Waals surface area contributed by atoms with E-state index in [4.69, 9.17) is 0 Å². The number of carbonyl (C=O) groups excluding carboxylic acids is 1. The lowest BCUT2D eigenvalue weighted by molar-refractivity contribution is 0.0787. The van der Waals surface area contributed by atoms with Crippen molar-refractivity contribution in [3.05, 3.63) is 18.1 Å². The SMILES string of the molecule is CN(C)CCNc1cc(C(=O)N2CCCC2)ncn1. The summed E-state index contributed by atoms with van der Waals surface area (Å²) in [5.74, 6) is 0.718. The van der Waals surface area contributed by atoms with Crippen LogP contribution in [0.4, 0.5) is 5.82 Å². The van der Waals surface area contributed by atoms with Crippen molar-refractivity contribution in [2.45, 2.75) is 12.8 Å². The zero-order valence-electron chi connectivity index (χ0n) is 11.6. The molecule has 0 atom stereocenters. The van der Waals surface area contributed by atoms with E-state index in [-0.39, 0.29) is 5.91 Å². The second-order valence-electron chi connectivity index (χ2n) is 5.02. The Morgan fingerprint density at radius 3 is 2.79 bits per heavy atom. The van der Waals surface area contributed by atoms with Gasteiger partial charge >= 0.3 is 0 Å². The van der Waals surface area contributed by atoms with Crippen LogP contribution in [0.3, 0.4) is 0 Å². The van der Waals surface area contributed by atoms with Crippen LogP contribution in [0.5, 0.6) is 0 Å². The minimum Gasteiger partial charge on any atom is -0.369 e. The van der Waals surface area contributed by atoms with Crippen molar-refractivity contribution in [2.75, 3.05) is 45.6 Å². The van der Waals surface area contributed by atoms with Gasteiger partial charge in [0.25, 0.3) is 5.91 Å². The van der Waals surface area contributed by atoms with Crippen molar-refractivity contribution in [3.63, 3.8) is 0 Å². The van der Waals surface area contributed by atoms with E-state index in [0.717, 1.165) is 39.0 Å². The van der Waals surface area contributed by atoms with Gasteiger partial charge in [-0.05, 0) is 26.9 Å². The maximum atomic E-state index is 12.2. The Labute approximate surface area is 113 Å². The van der Waals surface area contributed by atoms with Gasteiger partial charge in [-0.3, -0.25) is 4.79 Å². The molecule has 0 aliphatic carbocycles. The average Bonchev–Trinajstić information content (AvgIpc) is 2.91. The molecule has 1 aliphatic heterocycles. The monoisotopic (exact) mass is 263 g/mol. The molecule has 1 saturated heterocycles. The number of nitrogens with zero attached hydrogens (tertiary/aromatic N) is 4. The van der Waals surface area contributed by atoms with Gasteiger partial charge in [-0.1, -0.05) is 0 Å². The molecule has 104 valence electrons. The highest BCUT2D eigenvalue weighted by Gasteiger charge is 2.20. The largest absolute Gasteiger partial charge is 0.369 e. The molecule has 1 aliphatic rings. The molecule has 0 radical (unpaired) electrons. The number of aromatic nitrogens is 2. The lowest BCUT2D eigenvalue weighted by Crippen LogP contribution is -2.28. The number of nitrogens with one attached hydrogen (secondary N) is 1. The van der Waals surface area contributed by atoms with E-state index in [1.54, 1.807) is 6.07 Å². The molecule has 0 bridgehead atoms. The lowest BCUT2D eigenvalue weighted by Gasteiger charge is -2.15. The topological polar surface area (TPSA) is 61.4 Å². The van der Waals surface area contributed by atoms with E-state index < -0.39 is 0 Å². The molecule has 2 heterocycles. The molecule has 1 fully saturated rings. The lowest BCUT2D eigenvalue weighted by atomic mass is 10.3. The van der Waals surface area contributed by atoms with Crippen molar-refractivity contribution in [3.8, 4) is 0 Å². The maximum absolute atomic E-state index is 12.2. The standard InChI is InChI=1S/C13H21N5O/c1-17(2)8-5-14-12-9-11(15-10-16-12)13(19)18-6-3-4-7-18/h9-10H,3-8H2,1-2H3,(H,14,15,16). The van der Waals surface area contributed by atoms with Crippen LogP contribution in [-0.2, 0) is 0 Å². The second-order valence-corrected chi connectivity index (χ2v) is 5.02. The highest BCUT2D eigenvalue weighted by atomic mass is 16.2. The quantitative estimate of drug-likeness (QED) is 0.846. The molecule has 6 heteroatoms. The molecular formula is C13H21N5O. The van der Waals surface area contributed by atoms with Gasteiger partial charge in [-0.25, -0.2) is 9.97 Å². The molecule has 1 aromatic rings. The highest BCUT2D eigenvalue weighted by Crippen LogP contribution is 2.12. The Bertz CT molecular complexity index is 429. The summed E-state index contributed by atoms with van der Waals surface area (Å²) in [4.78, 5) is 24.3. The average molecular weight is 263 g/mol. The molecule has 6 nitrogen and oxygen atoms in total. The third-order valence-electron chi connectivity index (χ3n) is 3.14. The summed E-state index contributed by atoms with van der Waals surface area (Å²) in [6.07, 6.45) is 3.62. The second kappa shape index (κ2) is 6.47. The van der Waals surface area contributed by atoms with Crippen LogP contribution >= 0.6 is 0 Å². The predicted molar refractivity (Wildman–Crippen MR) is 74.2 cm³/mol. The highest BCUT2D eigenvalue weighted by molar-refractivity contribution is 5.93. The van der Waals surface area contributed by atoms with Crippen LogP contribution in [-0.4, -0.2) is 65.9 Å². The van der Waals surface area contributed by atoms with Gasteiger partial charge in [0.2, 0.25) is 0 Å². The van der Waals surface area contributed by atoms with E-state index in [9.17, 15) is 4.79 Å². The van der Waals surface area contributed by atoms with Gasteiger partial charge in [0.05, 0.1) is 0 Å². The molecule has 1 aromatic heterocycles. The molecule has 2 rings (SSSR count). The number of hydrogen-bond acceptors (Lipinski definition) is 5. The first-order valence-electron chi connectivity index (χ1n) is 6.67. The Morgan fingerprint density at radius 2 is 2.11 bits per heavy atom. The molecule has 1 amide bonds. The van der Waals surface area contributed by atoms with Gasteiger partial charge < -0.3 is 15.1 Å². The number of carbonyl (C=O) groups is 1. The Balaban J connectivity index is 1.96. The summed E-state index contributed by atoms with van der Waals surface area (Å²) in [7, 11) is 4.04. The maximum Gasteiger partial charge on any atom is 0.272 e. The Kier molecular flexibility index (Phi) is 4.68. The first-order chi connectivity index (χ1) is 9.16. The zero-order valence-corrected chi connectivity index (χ0v) is 11.6. The minimum atomic E-state index is 0.00978. The summed E-state index contributed by atoms with van der Waals surface area (Å²) >= 11 is 0. The van der Waals surface area contributed by atoms with E-state index >= 15 is 0 Å². The van der Waals surface area contributed by atoms with Crippen LogP contribution in [0.1, 0.15) is 23.3 Å². The van der Waals surface area contributed by atoms with Crippen molar-refractivity contribution < 1.29 is 4.79 Å². The third-order valence-corrected chi connectivity index (χ3v) is 3.14. The van der Waals surface area contributed by atoms with Gasteiger partial charge in [0, 0.05) is 32.2 Å². The summed E-state index contributed by atoms with van der Waals surface area (Å²) < 4.78 is 0. The van der Waals surface area contributed by atoms with Gasteiger partial charge in [-0.2, -0.15) is 0 Å². The molecule has 0 saturated carbocycles. The van der Waals surface area contributed by atoms with Gasteiger partial charge in [0.15, 0.2) is 0 Å². The normalized spacial score (nSPS) is 15.0. The number of amides is 1. The van der Waals surface area contributed by atoms with E-state index in [1.807, 2.05) is 19.0 Å². The molecule has 19 heavy (non-hydrogen) atoms. The Morgan fingerprint density at radius 1 is 1.37 bits per heavy atom. The van der Waals surface area contributed by atoms with Gasteiger partial charge in [-0.15, -0.1) is 0 Å². The van der Waals surface area contributed by atoms with Crippen molar-refractivity contribution in [1.82, 2.24) is 19.8 Å². The summed E-state index contributed by atoms with van der Waals surface area (Å²) in [5.41, 5.74) is 0.476. The summed E-state index contributed by atoms with van der Waals surface area (Å²) in [6, 6.07) is 1.73.